The molecule has 2 aliphatic rings. The van der Waals surface area contributed by atoms with E-state index in [-0.39, 0.29) is 10.8 Å². The second kappa shape index (κ2) is 14.3. The molecule has 2 aromatic heterocycles. The van der Waals surface area contributed by atoms with Gasteiger partial charge in [0.1, 0.15) is 0 Å². The molecule has 0 spiro atoms. The van der Waals surface area contributed by atoms with E-state index in [0.29, 0.717) is 5.92 Å². The third kappa shape index (κ3) is 6.71. The molecular weight excluding hydrogens is 705 g/mol. The molecule has 0 aliphatic heterocycles. The lowest BCUT2D eigenvalue weighted by atomic mass is 9.71. The fourth-order valence-electron chi connectivity index (χ4n) is 8.77. The minimum Gasteiger partial charge on any atom is -0.236 e. The van der Waals surface area contributed by atoms with Crippen LogP contribution in [0.1, 0.15) is 83.0 Å². The van der Waals surface area contributed by atoms with Crippen LogP contribution < -0.4 is 0 Å². The third-order valence-electron chi connectivity index (χ3n) is 12.4. The van der Waals surface area contributed by atoms with Crippen molar-refractivity contribution in [2.45, 2.75) is 65.7 Å². The Morgan fingerprint density at radius 3 is 1.57 bits per heavy atom. The van der Waals surface area contributed by atoms with Gasteiger partial charge in [0.2, 0.25) is 0 Å². The second-order valence-corrected chi connectivity index (χ2v) is 18.2. The molecule has 4 nitrogen and oxygen atoms in total. The maximum absolute atomic E-state index is 4.87. The van der Waals surface area contributed by atoms with E-state index >= 15 is 0 Å². The standard InChI is InChI=1S/C54H50N4/c1-52(2,3)42-25-20-37(21-26-42)50-55-31-40(32-56-50)35-16-18-36(19-17-35)44-29-24-39(41-33-57-51(58-34-41)38-22-27-43(28-23-38)53(4,5)6)30-49(44)54(7)47-14-10-8-12-45(47)46-13-9-11-15-48(46)54/h8-25,27-34,42H,26H2,1-7H3. The molecule has 4 heteroatoms. The van der Waals surface area contributed by atoms with E-state index in [0.717, 1.165) is 57.0 Å². The first-order valence-corrected chi connectivity index (χ1v) is 20.5. The van der Waals surface area contributed by atoms with Crippen molar-refractivity contribution in [3.8, 4) is 55.9 Å². The van der Waals surface area contributed by atoms with Crippen LogP contribution in [0.4, 0.5) is 0 Å². The molecule has 0 radical (unpaired) electrons. The Kier molecular flexibility index (Phi) is 9.19. The molecule has 2 heterocycles. The van der Waals surface area contributed by atoms with Gasteiger partial charge in [-0.3, -0.25) is 0 Å². The van der Waals surface area contributed by atoms with Gasteiger partial charge < -0.3 is 0 Å². The second-order valence-electron chi connectivity index (χ2n) is 18.2. The lowest BCUT2D eigenvalue weighted by molar-refractivity contribution is 0.294. The van der Waals surface area contributed by atoms with Gasteiger partial charge in [-0.05, 0) is 91.8 Å². The molecule has 7 aromatic rings. The minimum absolute atomic E-state index is 0.0923. The molecule has 286 valence electrons. The van der Waals surface area contributed by atoms with Gasteiger partial charge in [-0.15, -0.1) is 0 Å². The molecule has 0 bridgehead atoms. The zero-order chi connectivity index (χ0) is 40.2. The molecule has 1 atom stereocenters. The summed E-state index contributed by atoms with van der Waals surface area (Å²) in [7, 11) is 0. The molecule has 5 aromatic carbocycles. The predicted molar refractivity (Wildman–Crippen MR) is 240 cm³/mol. The number of aromatic nitrogens is 4. The monoisotopic (exact) mass is 754 g/mol. The van der Waals surface area contributed by atoms with Crippen molar-refractivity contribution in [2.75, 3.05) is 0 Å². The summed E-state index contributed by atoms with van der Waals surface area (Å²) in [6.45, 7) is 16.0. The van der Waals surface area contributed by atoms with Crippen LogP contribution in [0.3, 0.4) is 0 Å². The average Bonchev–Trinajstić information content (AvgIpc) is 3.51. The first kappa shape index (κ1) is 37.3. The number of fused-ring (bicyclic) bond motifs is 3. The van der Waals surface area contributed by atoms with Crippen LogP contribution >= 0.6 is 0 Å². The lowest BCUT2D eigenvalue weighted by Gasteiger charge is -2.31. The lowest BCUT2D eigenvalue weighted by Crippen LogP contribution is -2.23. The first-order chi connectivity index (χ1) is 27.9. The van der Waals surface area contributed by atoms with Crippen LogP contribution in [0.5, 0.6) is 0 Å². The van der Waals surface area contributed by atoms with Crippen molar-refractivity contribution in [3.63, 3.8) is 0 Å². The summed E-state index contributed by atoms with van der Waals surface area (Å²) < 4.78 is 0. The summed E-state index contributed by atoms with van der Waals surface area (Å²) in [5, 5.41) is 0. The van der Waals surface area contributed by atoms with Crippen LogP contribution in [0.2, 0.25) is 0 Å². The number of nitrogens with zero attached hydrogens (tertiary/aromatic N) is 4. The number of rotatable bonds is 6. The van der Waals surface area contributed by atoms with Gasteiger partial charge in [-0.1, -0.05) is 169 Å². The topological polar surface area (TPSA) is 51.6 Å². The highest BCUT2D eigenvalue weighted by Crippen LogP contribution is 2.54. The zero-order valence-electron chi connectivity index (χ0n) is 34.6. The highest BCUT2D eigenvalue weighted by Gasteiger charge is 2.42. The van der Waals surface area contributed by atoms with Crippen LogP contribution in [0.25, 0.3) is 61.5 Å². The maximum Gasteiger partial charge on any atom is 0.159 e. The SMILES string of the molecule is CC(C)(C)c1ccc(-c2ncc(-c3ccc(-c4ccc(-c5cnc(C6=CCC(C(C)(C)C)C=C6)nc5)cc4)c(C4(C)c5ccccc5-c5ccccc54)c3)cn2)cc1. The quantitative estimate of drug-likeness (QED) is 0.170. The van der Waals surface area contributed by atoms with Crippen molar-refractivity contribution in [3.05, 3.63) is 186 Å². The highest BCUT2D eigenvalue weighted by atomic mass is 14.9. The maximum atomic E-state index is 4.87. The van der Waals surface area contributed by atoms with Gasteiger partial charge >= 0.3 is 0 Å². The summed E-state index contributed by atoms with van der Waals surface area (Å²) in [5.41, 5.74) is 16.3. The Morgan fingerprint density at radius 2 is 1.02 bits per heavy atom. The predicted octanol–water partition coefficient (Wildman–Crippen LogP) is 13.6. The van der Waals surface area contributed by atoms with Crippen LogP contribution in [0, 0.1) is 11.3 Å². The van der Waals surface area contributed by atoms with E-state index < -0.39 is 5.41 Å². The summed E-state index contributed by atoms with van der Waals surface area (Å²) >= 11 is 0. The molecule has 0 fully saturated rings. The molecule has 0 N–H and O–H groups in total. The molecule has 2 aliphatic carbocycles. The smallest absolute Gasteiger partial charge is 0.159 e. The number of hydrogen-bond donors (Lipinski definition) is 0. The Bertz CT molecular complexity index is 2640. The van der Waals surface area contributed by atoms with Gasteiger partial charge in [0.05, 0.1) is 0 Å². The summed E-state index contributed by atoms with van der Waals surface area (Å²) in [4.78, 5) is 19.3. The Hall–Kier alpha value is -6.26. The Morgan fingerprint density at radius 1 is 0.500 bits per heavy atom. The van der Waals surface area contributed by atoms with E-state index in [1.54, 1.807) is 0 Å². The first-order valence-electron chi connectivity index (χ1n) is 20.5. The molecule has 0 amide bonds. The van der Waals surface area contributed by atoms with Crippen molar-refractivity contribution in [1.82, 2.24) is 19.9 Å². The molecule has 58 heavy (non-hydrogen) atoms. The van der Waals surface area contributed by atoms with E-state index in [2.05, 4.69) is 182 Å². The fraction of sp³-hybridized carbons (Fsp3) is 0.222. The number of hydrogen-bond acceptors (Lipinski definition) is 4. The zero-order valence-corrected chi connectivity index (χ0v) is 34.6. The normalized spacial score (nSPS) is 15.8. The summed E-state index contributed by atoms with van der Waals surface area (Å²) in [6.07, 6.45) is 15.6. The van der Waals surface area contributed by atoms with Crippen LogP contribution in [0.15, 0.2) is 158 Å². The number of benzene rings is 5. The number of allylic oxidation sites excluding steroid dienone is 4. The van der Waals surface area contributed by atoms with E-state index in [9.17, 15) is 0 Å². The van der Waals surface area contributed by atoms with Crippen molar-refractivity contribution >= 4 is 5.57 Å². The molecule has 0 saturated heterocycles. The van der Waals surface area contributed by atoms with Crippen LogP contribution in [-0.2, 0) is 10.8 Å². The molecule has 1 unspecified atom stereocenters. The minimum atomic E-state index is -0.397. The van der Waals surface area contributed by atoms with Crippen LogP contribution in [-0.4, -0.2) is 19.9 Å². The van der Waals surface area contributed by atoms with Crippen molar-refractivity contribution in [1.29, 1.82) is 0 Å². The van der Waals surface area contributed by atoms with Crippen molar-refractivity contribution < 1.29 is 0 Å². The molecule has 9 rings (SSSR count). The van der Waals surface area contributed by atoms with Gasteiger partial charge in [0.25, 0.3) is 0 Å². The van der Waals surface area contributed by atoms with E-state index in [1.165, 1.54) is 38.9 Å². The van der Waals surface area contributed by atoms with Gasteiger partial charge in [0.15, 0.2) is 11.6 Å². The van der Waals surface area contributed by atoms with E-state index in [1.807, 2.05) is 24.8 Å². The third-order valence-corrected chi connectivity index (χ3v) is 12.4. The highest BCUT2D eigenvalue weighted by molar-refractivity contribution is 5.87. The summed E-state index contributed by atoms with van der Waals surface area (Å²) in [5.74, 6) is 2.02. The van der Waals surface area contributed by atoms with Gasteiger partial charge in [-0.2, -0.15) is 0 Å². The van der Waals surface area contributed by atoms with Crippen molar-refractivity contribution in [2.24, 2.45) is 11.3 Å². The fourth-order valence-corrected chi connectivity index (χ4v) is 8.77. The largest absolute Gasteiger partial charge is 0.236 e. The van der Waals surface area contributed by atoms with Gasteiger partial charge in [0, 0.05) is 52.5 Å². The Labute approximate surface area is 343 Å². The molecule has 0 saturated carbocycles. The average molecular weight is 755 g/mol. The van der Waals surface area contributed by atoms with E-state index in [4.69, 9.17) is 19.9 Å². The Balaban J connectivity index is 1.07. The van der Waals surface area contributed by atoms with Gasteiger partial charge in [-0.25, -0.2) is 19.9 Å². The molecular formula is C54H50N4. The summed E-state index contributed by atoms with van der Waals surface area (Å²) in [6, 6.07) is 42.1.